The molecule has 0 saturated carbocycles. The Morgan fingerprint density at radius 1 is 1.21 bits per heavy atom. The molecule has 1 fully saturated rings. The van der Waals surface area contributed by atoms with Crippen LogP contribution in [0.25, 0.3) is 0 Å². The Bertz CT molecular complexity index is 174. The first-order valence-corrected chi connectivity index (χ1v) is 7.91. The van der Waals surface area contributed by atoms with E-state index in [1.54, 1.807) is 0 Å². The fraction of sp³-hybridized carbons (Fsp3) is 1.00. The molecule has 0 aromatic heterocycles. The van der Waals surface area contributed by atoms with Crippen molar-refractivity contribution < 1.29 is 13.6 Å². The molecule has 3 nitrogen and oxygen atoms in total. The molecule has 4 heteroatoms. The lowest BCUT2D eigenvalue weighted by atomic mass is 9.91. The van der Waals surface area contributed by atoms with E-state index in [1.807, 2.05) is 13.8 Å². The highest BCUT2D eigenvalue weighted by Gasteiger charge is 2.44. The largest absolute Gasteiger partial charge is 0.395 e. The lowest BCUT2D eigenvalue weighted by Crippen LogP contribution is -2.50. The van der Waals surface area contributed by atoms with E-state index in [1.165, 1.54) is 0 Å². The summed E-state index contributed by atoms with van der Waals surface area (Å²) in [5.41, 5.74) is 0.297. The van der Waals surface area contributed by atoms with Gasteiger partial charge in [0.15, 0.2) is 0 Å². The van der Waals surface area contributed by atoms with Gasteiger partial charge in [0.05, 0.1) is 13.2 Å². The Labute approximate surface area is 88.0 Å². The van der Waals surface area contributed by atoms with E-state index in [9.17, 15) is 0 Å². The van der Waals surface area contributed by atoms with Crippen LogP contribution in [-0.2, 0) is 13.6 Å². The van der Waals surface area contributed by atoms with Crippen LogP contribution in [0.15, 0.2) is 0 Å². The lowest BCUT2D eigenvalue weighted by molar-refractivity contribution is -0.0940. The third-order valence-electron chi connectivity index (χ3n) is 2.55. The first-order valence-electron chi connectivity index (χ1n) is 5.39. The van der Waals surface area contributed by atoms with Crippen LogP contribution < -0.4 is 0 Å². The highest BCUT2D eigenvalue weighted by molar-refractivity contribution is 6.66. The van der Waals surface area contributed by atoms with Gasteiger partial charge in [-0.15, -0.1) is 0 Å². The molecule has 1 aliphatic heterocycles. The van der Waals surface area contributed by atoms with E-state index in [2.05, 4.69) is 13.5 Å². The number of rotatable bonds is 6. The van der Waals surface area contributed by atoms with Gasteiger partial charge in [0.1, 0.15) is 0 Å². The number of hydrogen-bond acceptors (Lipinski definition) is 3. The average molecular weight is 218 g/mol. The van der Waals surface area contributed by atoms with Gasteiger partial charge in [-0.3, -0.25) is 0 Å². The van der Waals surface area contributed by atoms with Crippen LogP contribution in [-0.4, -0.2) is 35.0 Å². The van der Waals surface area contributed by atoms with Crippen LogP contribution in [0.2, 0.25) is 12.6 Å². The van der Waals surface area contributed by atoms with Crippen LogP contribution in [0.4, 0.5) is 0 Å². The number of hydrogen-bond donors (Lipinski definition) is 0. The van der Waals surface area contributed by atoms with Gasteiger partial charge >= 0.3 is 8.56 Å². The third-order valence-corrected chi connectivity index (χ3v) is 5.84. The summed E-state index contributed by atoms with van der Waals surface area (Å²) in [6.07, 6.45) is 0. The number of ether oxygens (including phenoxy) is 1. The molecule has 0 bridgehead atoms. The summed E-state index contributed by atoms with van der Waals surface area (Å²) in [4.78, 5) is 0. The van der Waals surface area contributed by atoms with Crippen molar-refractivity contribution in [2.45, 2.75) is 33.4 Å². The van der Waals surface area contributed by atoms with Crippen molar-refractivity contribution in [1.29, 1.82) is 0 Å². The Morgan fingerprint density at radius 3 is 2.00 bits per heavy atom. The molecule has 1 saturated heterocycles. The normalized spacial score (nSPS) is 20.6. The monoisotopic (exact) mass is 218 g/mol. The molecule has 0 spiro atoms. The highest BCUT2D eigenvalue weighted by Crippen LogP contribution is 2.36. The molecule has 84 valence electrons. The molecule has 0 N–H and O–H groups in total. The van der Waals surface area contributed by atoms with E-state index in [-0.39, 0.29) is 0 Å². The third kappa shape index (κ3) is 3.05. The highest BCUT2D eigenvalue weighted by atomic mass is 28.4. The second-order valence-electron chi connectivity index (χ2n) is 4.48. The molecule has 0 amide bonds. The molecule has 0 radical (unpaired) electrons. The zero-order chi connectivity index (χ0) is 10.7. The van der Waals surface area contributed by atoms with Crippen LogP contribution in [0.3, 0.4) is 0 Å². The van der Waals surface area contributed by atoms with Crippen LogP contribution in [0.1, 0.15) is 20.8 Å². The van der Waals surface area contributed by atoms with Gasteiger partial charge in [-0.05, 0) is 20.4 Å². The summed E-state index contributed by atoms with van der Waals surface area (Å²) in [5, 5.41) is 0. The van der Waals surface area contributed by atoms with Crippen molar-refractivity contribution in [3.05, 3.63) is 0 Å². The van der Waals surface area contributed by atoms with Crippen LogP contribution >= 0.6 is 0 Å². The molecular weight excluding hydrogens is 196 g/mol. The van der Waals surface area contributed by atoms with E-state index in [4.69, 9.17) is 13.6 Å². The van der Waals surface area contributed by atoms with Gasteiger partial charge in [-0.2, -0.15) is 0 Å². The summed E-state index contributed by atoms with van der Waals surface area (Å²) in [6.45, 7) is 11.7. The quantitative estimate of drug-likeness (QED) is 0.640. The average Bonchev–Trinajstić information content (AvgIpc) is 2.02. The molecule has 0 aliphatic carbocycles. The van der Waals surface area contributed by atoms with Crippen LogP contribution in [0, 0.1) is 5.41 Å². The summed E-state index contributed by atoms with van der Waals surface area (Å²) >= 11 is 0. The molecule has 14 heavy (non-hydrogen) atoms. The molecule has 0 aromatic rings. The van der Waals surface area contributed by atoms with Crippen molar-refractivity contribution in [1.82, 2.24) is 0 Å². The summed E-state index contributed by atoms with van der Waals surface area (Å²) < 4.78 is 16.9. The standard InChI is InChI=1S/C10H22O3Si/c1-5-12-14(4,13-6-2)9-10(3)7-11-8-10/h5-9H2,1-4H3. The van der Waals surface area contributed by atoms with Crippen molar-refractivity contribution in [3.63, 3.8) is 0 Å². The first kappa shape index (κ1) is 12.2. The predicted octanol–water partition coefficient (Wildman–Crippen LogP) is 2.17. The molecule has 0 aromatic carbocycles. The van der Waals surface area contributed by atoms with Gasteiger partial charge < -0.3 is 13.6 Å². The smallest absolute Gasteiger partial charge is 0.335 e. The summed E-state index contributed by atoms with van der Waals surface area (Å²) in [7, 11) is -1.93. The molecule has 0 unspecified atom stereocenters. The van der Waals surface area contributed by atoms with E-state index < -0.39 is 8.56 Å². The minimum absolute atomic E-state index is 0.297. The predicted molar refractivity (Wildman–Crippen MR) is 58.6 cm³/mol. The molecule has 1 rings (SSSR count). The second kappa shape index (κ2) is 4.75. The van der Waals surface area contributed by atoms with Gasteiger partial charge in [0.2, 0.25) is 0 Å². The Kier molecular flexibility index (Phi) is 4.12. The minimum atomic E-state index is -1.93. The zero-order valence-corrected chi connectivity index (χ0v) is 10.8. The fourth-order valence-corrected chi connectivity index (χ4v) is 5.35. The van der Waals surface area contributed by atoms with Gasteiger partial charge in [0, 0.05) is 24.7 Å². The van der Waals surface area contributed by atoms with Crippen molar-refractivity contribution in [3.8, 4) is 0 Å². The van der Waals surface area contributed by atoms with Crippen molar-refractivity contribution in [2.75, 3.05) is 26.4 Å². The molecular formula is C10H22O3Si. The Hall–Kier alpha value is 0.0969. The van der Waals surface area contributed by atoms with Crippen molar-refractivity contribution in [2.24, 2.45) is 5.41 Å². The lowest BCUT2D eigenvalue weighted by Gasteiger charge is -2.42. The maximum atomic E-state index is 5.80. The fourth-order valence-electron chi connectivity index (χ4n) is 2.08. The van der Waals surface area contributed by atoms with Gasteiger partial charge in [0.25, 0.3) is 0 Å². The Morgan fingerprint density at radius 2 is 1.71 bits per heavy atom. The second-order valence-corrected chi connectivity index (χ2v) is 7.68. The SMILES string of the molecule is CCO[Si](C)(CC1(C)COC1)OCC. The first-order chi connectivity index (χ1) is 6.54. The van der Waals surface area contributed by atoms with E-state index in [0.29, 0.717) is 5.41 Å². The van der Waals surface area contributed by atoms with Gasteiger partial charge in [-0.25, -0.2) is 0 Å². The van der Waals surface area contributed by atoms with Crippen molar-refractivity contribution >= 4 is 8.56 Å². The van der Waals surface area contributed by atoms with Crippen LogP contribution in [0.5, 0.6) is 0 Å². The van der Waals surface area contributed by atoms with Gasteiger partial charge in [-0.1, -0.05) is 6.92 Å². The zero-order valence-electron chi connectivity index (χ0n) is 9.76. The molecule has 1 heterocycles. The molecule has 1 aliphatic rings. The minimum Gasteiger partial charge on any atom is -0.395 e. The summed E-state index contributed by atoms with van der Waals surface area (Å²) in [5.74, 6) is 0. The maximum absolute atomic E-state index is 5.80. The van der Waals surface area contributed by atoms with E-state index in [0.717, 1.165) is 32.5 Å². The molecule has 0 atom stereocenters. The van der Waals surface area contributed by atoms with E-state index >= 15 is 0 Å². The summed E-state index contributed by atoms with van der Waals surface area (Å²) in [6, 6.07) is 1.04. The maximum Gasteiger partial charge on any atom is 0.335 e. The Balaban J connectivity index is 2.48. The topological polar surface area (TPSA) is 27.7 Å².